The predicted molar refractivity (Wildman–Crippen MR) is 108 cm³/mol. The van der Waals surface area contributed by atoms with Crippen LogP contribution in [0.5, 0.6) is 11.6 Å². The minimum Gasteiger partial charge on any atom is -0.437 e. The van der Waals surface area contributed by atoms with Gasteiger partial charge in [0.1, 0.15) is 17.8 Å². The number of aromatic nitrogens is 2. The number of nitrogens with two attached hydrogens (primary N) is 1. The van der Waals surface area contributed by atoms with Crippen LogP contribution in [-0.2, 0) is 0 Å². The maximum Gasteiger partial charge on any atom is 0.269 e. The van der Waals surface area contributed by atoms with Gasteiger partial charge in [-0.3, -0.25) is 15.6 Å². The summed E-state index contributed by atoms with van der Waals surface area (Å²) in [5, 5.41) is 0. The number of carbonyl (C=O) groups excluding carboxylic acids is 1. The zero-order valence-corrected chi connectivity index (χ0v) is 16.4. The van der Waals surface area contributed by atoms with Gasteiger partial charge in [-0.25, -0.2) is 4.98 Å². The number of hydrogen-bond donors (Lipinski definition) is 3. The highest BCUT2D eigenvalue weighted by Crippen LogP contribution is 2.29. The van der Waals surface area contributed by atoms with Crippen LogP contribution in [0.25, 0.3) is 0 Å². The number of amides is 1. The van der Waals surface area contributed by atoms with Crippen LogP contribution in [0.3, 0.4) is 0 Å². The summed E-state index contributed by atoms with van der Waals surface area (Å²) in [6.07, 6.45) is 1.31. The molecule has 0 aliphatic carbocycles. The summed E-state index contributed by atoms with van der Waals surface area (Å²) >= 11 is 3.33. The molecule has 0 radical (unpaired) electrons. The van der Waals surface area contributed by atoms with Gasteiger partial charge in [-0.1, -0.05) is 22.0 Å². The third-order valence-corrected chi connectivity index (χ3v) is 4.19. The molecule has 0 bridgehead atoms. The lowest BCUT2D eigenvalue weighted by atomic mass is 10.1. The van der Waals surface area contributed by atoms with Crippen LogP contribution in [0, 0.1) is 13.8 Å². The van der Waals surface area contributed by atoms with E-state index in [0.717, 1.165) is 15.6 Å². The van der Waals surface area contributed by atoms with Crippen LogP contribution < -0.4 is 21.3 Å². The van der Waals surface area contributed by atoms with Gasteiger partial charge in [-0.2, -0.15) is 4.98 Å². The second kappa shape index (κ2) is 8.05. The first-order chi connectivity index (χ1) is 12.9. The summed E-state index contributed by atoms with van der Waals surface area (Å²) < 4.78 is 6.67. The highest BCUT2D eigenvalue weighted by atomic mass is 79.9. The topological polar surface area (TPSA) is 102 Å². The molecule has 0 spiro atoms. The number of halogens is 1. The van der Waals surface area contributed by atoms with Crippen LogP contribution in [0.2, 0.25) is 0 Å². The van der Waals surface area contributed by atoms with Crippen molar-refractivity contribution in [3.05, 3.63) is 70.0 Å². The summed E-state index contributed by atoms with van der Waals surface area (Å²) in [6.45, 7) is 3.96. The van der Waals surface area contributed by atoms with E-state index >= 15 is 0 Å². The summed E-state index contributed by atoms with van der Waals surface area (Å²) in [5.41, 5.74) is 14.2. The number of nitrogens with zero attached hydrogens (tertiary/aromatic N) is 2. The van der Waals surface area contributed by atoms with Crippen molar-refractivity contribution in [1.82, 2.24) is 15.4 Å². The molecular weight excluding hydrogens is 410 g/mol. The van der Waals surface area contributed by atoms with Crippen LogP contribution >= 0.6 is 15.9 Å². The molecule has 2 aromatic carbocycles. The molecule has 138 valence electrons. The van der Waals surface area contributed by atoms with E-state index in [2.05, 4.69) is 36.7 Å². The summed E-state index contributed by atoms with van der Waals surface area (Å²) in [5.74, 6) is 0.755. The number of nitrogens with one attached hydrogen (secondary N) is 2. The lowest BCUT2D eigenvalue weighted by molar-refractivity contribution is 0.0962. The number of nitrogen functional groups attached to an aromatic ring is 1. The maximum absolute atomic E-state index is 12.2. The van der Waals surface area contributed by atoms with Crippen LogP contribution in [0.4, 0.5) is 11.5 Å². The molecule has 0 atom stereocenters. The van der Waals surface area contributed by atoms with E-state index in [1.807, 2.05) is 32.0 Å². The Hall–Kier alpha value is -3.13. The minimum absolute atomic E-state index is 0.188. The van der Waals surface area contributed by atoms with E-state index in [0.29, 0.717) is 11.3 Å². The molecule has 0 fully saturated rings. The Bertz CT molecular complexity index is 956. The van der Waals surface area contributed by atoms with Gasteiger partial charge in [0.05, 0.1) is 0 Å². The Morgan fingerprint density at radius 1 is 1.07 bits per heavy atom. The fraction of sp³-hybridized carbons (Fsp3) is 0.105. The SMILES string of the molecule is Cc1cc(C)cc(Oc2ncnc(NNC(=O)c3ccc(Br)cc3)c2N)c1. The van der Waals surface area contributed by atoms with Gasteiger partial charge >= 0.3 is 0 Å². The molecule has 1 heterocycles. The zero-order valence-electron chi connectivity index (χ0n) is 14.8. The maximum atomic E-state index is 12.2. The molecular formula is C19H18BrN5O2. The number of ether oxygens (including phenoxy) is 1. The van der Waals surface area contributed by atoms with Crippen molar-refractivity contribution in [3.8, 4) is 11.6 Å². The Morgan fingerprint density at radius 3 is 2.41 bits per heavy atom. The molecule has 0 aliphatic rings. The van der Waals surface area contributed by atoms with E-state index in [9.17, 15) is 4.79 Å². The fourth-order valence-corrected chi connectivity index (χ4v) is 2.72. The number of benzene rings is 2. The zero-order chi connectivity index (χ0) is 19.4. The van der Waals surface area contributed by atoms with E-state index in [-0.39, 0.29) is 23.3 Å². The van der Waals surface area contributed by atoms with Gasteiger partial charge in [0.15, 0.2) is 5.82 Å². The standard InChI is InChI=1S/C19H18BrN5O2/c1-11-7-12(2)9-15(8-11)27-19-16(21)17(22-10-23-19)24-25-18(26)13-3-5-14(20)6-4-13/h3-10H,21H2,1-2H3,(H,25,26)(H,22,23,24). The number of anilines is 2. The Labute approximate surface area is 165 Å². The van der Waals surface area contributed by atoms with Crippen LogP contribution in [0.1, 0.15) is 21.5 Å². The average Bonchev–Trinajstić information content (AvgIpc) is 2.62. The van der Waals surface area contributed by atoms with Crippen molar-refractivity contribution >= 4 is 33.3 Å². The average molecular weight is 428 g/mol. The van der Waals surface area contributed by atoms with Gasteiger partial charge in [-0.05, 0) is 61.4 Å². The monoisotopic (exact) mass is 427 g/mol. The van der Waals surface area contributed by atoms with Crippen molar-refractivity contribution < 1.29 is 9.53 Å². The molecule has 27 heavy (non-hydrogen) atoms. The summed E-state index contributed by atoms with van der Waals surface area (Å²) in [6, 6.07) is 12.8. The first-order valence-corrected chi connectivity index (χ1v) is 8.90. The highest BCUT2D eigenvalue weighted by Gasteiger charge is 2.12. The minimum atomic E-state index is -0.322. The molecule has 0 saturated heterocycles. The number of hydrazine groups is 1. The fourth-order valence-electron chi connectivity index (χ4n) is 2.45. The molecule has 0 aliphatic heterocycles. The molecule has 3 rings (SSSR count). The molecule has 3 aromatic rings. The van der Waals surface area contributed by atoms with Gasteiger partial charge < -0.3 is 10.5 Å². The van der Waals surface area contributed by atoms with Gasteiger partial charge in [0.2, 0.25) is 5.88 Å². The van der Waals surface area contributed by atoms with Crippen molar-refractivity contribution in [2.75, 3.05) is 11.2 Å². The molecule has 1 amide bonds. The molecule has 0 saturated carbocycles. The number of aryl methyl sites for hydroxylation is 2. The number of hydrogen-bond acceptors (Lipinski definition) is 6. The van der Waals surface area contributed by atoms with Crippen LogP contribution in [0.15, 0.2) is 53.3 Å². The second-order valence-electron chi connectivity index (χ2n) is 5.95. The Morgan fingerprint density at radius 2 is 1.74 bits per heavy atom. The Kier molecular flexibility index (Phi) is 5.56. The molecule has 4 N–H and O–H groups in total. The van der Waals surface area contributed by atoms with E-state index in [1.54, 1.807) is 24.3 Å². The first-order valence-electron chi connectivity index (χ1n) is 8.11. The van der Waals surface area contributed by atoms with E-state index in [1.165, 1.54) is 6.33 Å². The van der Waals surface area contributed by atoms with E-state index in [4.69, 9.17) is 10.5 Å². The molecule has 1 aromatic heterocycles. The second-order valence-corrected chi connectivity index (χ2v) is 6.87. The van der Waals surface area contributed by atoms with Crippen LogP contribution in [-0.4, -0.2) is 15.9 Å². The lowest BCUT2D eigenvalue weighted by Crippen LogP contribution is -2.30. The summed E-state index contributed by atoms with van der Waals surface area (Å²) in [7, 11) is 0. The van der Waals surface area contributed by atoms with Crippen molar-refractivity contribution in [3.63, 3.8) is 0 Å². The lowest BCUT2D eigenvalue weighted by Gasteiger charge is -2.13. The molecule has 8 heteroatoms. The van der Waals surface area contributed by atoms with Crippen molar-refractivity contribution in [2.24, 2.45) is 0 Å². The van der Waals surface area contributed by atoms with Gasteiger partial charge in [-0.15, -0.1) is 0 Å². The smallest absolute Gasteiger partial charge is 0.269 e. The van der Waals surface area contributed by atoms with Gasteiger partial charge in [0.25, 0.3) is 5.91 Å². The van der Waals surface area contributed by atoms with Crippen molar-refractivity contribution in [1.29, 1.82) is 0 Å². The Balaban J connectivity index is 1.72. The van der Waals surface area contributed by atoms with Gasteiger partial charge in [0, 0.05) is 10.0 Å². The summed E-state index contributed by atoms with van der Waals surface area (Å²) in [4.78, 5) is 20.3. The highest BCUT2D eigenvalue weighted by molar-refractivity contribution is 9.10. The third-order valence-electron chi connectivity index (χ3n) is 3.66. The molecule has 0 unspecified atom stereocenters. The first kappa shape index (κ1) is 18.7. The number of rotatable bonds is 5. The number of carbonyl (C=O) groups is 1. The predicted octanol–water partition coefficient (Wildman–Crippen LogP) is 3.99. The molecule has 7 nitrogen and oxygen atoms in total. The quantitative estimate of drug-likeness (QED) is 0.532. The van der Waals surface area contributed by atoms with Crippen molar-refractivity contribution in [2.45, 2.75) is 13.8 Å². The normalized spacial score (nSPS) is 10.3. The van der Waals surface area contributed by atoms with E-state index < -0.39 is 0 Å². The third kappa shape index (κ3) is 4.73. The largest absolute Gasteiger partial charge is 0.437 e.